The second-order valence-electron chi connectivity index (χ2n) is 6.94. The minimum atomic E-state index is -4.91. The summed E-state index contributed by atoms with van der Waals surface area (Å²) in [5.74, 6) is -1.93. The van der Waals surface area contributed by atoms with E-state index < -0.39 is 35.8 Å². The minimum Gasteiger partial charge on any atom is -0.379 e. The van der Waals surface area contributed by atoms with E-state index >= 15 is 0 Å². The van der Waals surface area contributed by atoms with E-state index in [0.29, 0.717) is 18.2 Å². The lowest BCUT2D eigenvalue weighted by Crippen LogP contribution is -2.47. The first-order valence-electron chi connectivity index (χ1n) is 8.82. The van der Waals surface area contributed by atoms with Crippen LogP contribution in [-0.2, 0) is 6.54 Å². The lowest BCUT2D eigenvalue weighted by Gasteiger charge is -2.26. The first-order chi connectivity index (χ1) is 14.0. The van der Waals surface area contributed by atoms with Crippen LogP contribution < -0.4 is 5.32 Å². The van der Waals surface area contributed by atoms with Gasteiger partial charge in [-0.25, -0.2) is 18.7 Å². The van der Waals surface area contributed by atoms with Gasteiger partial charge in [-0.3, -0.25) is 4.68 Å². The van der Waals surface area contributed by atoms with Gasteiger partial charge < -0.3 is 10.4 Å². The van der Waals surface area contributed by atoms with E-state index in [2.05, 4.69) is 20.4 Å². The topological polar surface area (TPSA) is 75.9 Å². The fourth-order valence-electron chi connectivity index (χ4n) is 2.54. The molecular weight excluding hydrogens is 409 g/mol. The predicted octanol–water partition coefficient (Wildman–Crippen LogP) is 3.70. The standard InChI is InChI=1S/C19H18F5N5O/c1-11-7-15(28-29(11)9-12-5-3-4-6-13(12)20)17-25-8-14(21)16(27-17)26-10-18(2,30)19(22,23)24/h3-8,30H,9-10H2,1-2H3,(H,25,26,27). The molecule has 160 valence electrons. The van der Waals surface area contributed by atoms with Gasteiger partial charge in [0.05, 0.1) is 19.3 Å². The van der Waals surface area contributed by atoms with Gasteiger partial charge in [0.25, 0.3) is 0 Å². The Morgan fingerprint density at radius 2 is 1.83 bits per heavy atom. The molecule has 0 bridgehead atoms. The molecule has 30 heavy (non-hydrogen) atoms. The summed E-state index contributed by atoms with van der Waals surface area (Å²) in [5, 5.41) is 15.9. The van der Waals surface area contributed by atoms with Crippen LogP contribution in [0.15, 0.2) is 36.5 Å². The largest absolute Gasteiger partial charge is 0.418 e. The van der Waals surface area contributed by atoms with Crippen molar-refractivity contribution in [1.82, 2.24) is 19.7 Å². The lowest BCUT2D eigenvalue weighted by molar-refractivity contribution is -0.246. The lowest BCUT2D eigenvalue weighted by atomic mass is 10.1. The highest BCUT2D eigenvalue weighted by atomic mass is 19.4. The monoisotopic (exact) mass is 427 g/mol. The van der Waals surface area contributed by atoms with Gasteiger partial charge >= 0.3 is 6.18 Å². The van der Waals surface area contributed by atoms with Gasteiger partial charge in [0, 0.05) is 11.3 Å². The van der Waals surface area contributed by atoms with E-state index in [1.54, 1.807) is 31.2 Å². The Bertz CT molecular complexity index is 1050. The molecule has 1 unspecified atom stereocenters. The van der Waals surface area contributed by atoms with Crippen molar-refractivity contribution in [3.63, 3.8) is 0 Å². The van der Waals surface area contributed by atoms with Crippen molar-refractivity contribution < 1.29 is 27.1 Å². The minimum absolute atomic E-state index is 0.0408. The molecule has 2 aromatic heterocycles. The highest BCUT2D eigenvalue weighted by molar-refractivity contribution is 5.53. The van der Waals surface area contributed by atoms with Crippen LogP contribution in [0.4, 0.5) is 27.8 Å². The maximum Gasteiger partial charge on any atom is 0.418 e. The molecule has 0 radical (unpaired) electrons. The van der Waals surface area contributed by atoms with Gasteiger partial charge in [-0.05, 0) is 26.0 Å². The number of hydrogen-bond acceptors (Lipinski definition) is 5. The van der Waals surface area contributed by atoms with Gasteiger partial charge in [0.1, 0.15) is 11.5 Å². The van der Waals surface area contributed by atoms with Crippen LogP contribution in [0.25, 0.3) is 11.5 Å². The van der Waals surface area contributed by atoms with Crippen LogP contribution in [0.2, 0.25) is 0 Å². The molecule has 0 aliphatic heterocycles. The zero-order chi connectivity index (χ0) is 22.1. The third-order valence-corrected chi connectivity index (χ3v) is 4.44. The van der Waals surface area contributed by atoms with Crippen molar-refractivity contribution in [2.24, 2.45) is 0 Å². The van der Waals surface area contributed by atoms with Gasteiger partial charge in [-0.15, -0.1) is 0 Å². The fourth-order valence-corrected chi connectivity index (χ4v) is 2.54. The Morgan fingerprint density at radius 3 is 2.50 bits per heavy atom. The maximum atomic E-state index is 14.0. The van der Waals surface area contributed by atoms with Crippen molar-refractivity contribution in [3.05, 3.63) is 59.4 Å². The summed E-state index contributed by atoms with van der Waals surface area (Å²) < 4.78 is 67.7. The van der Waals surface area contributed by atoms with E-state index in [9.17, 15) is 27.1 Å². The summed E-state index contributed by atoms with van der Waals surface area (Å²) in [7, 11) is 0. The number of aliphatic hydroxyl groups is 1. The number of anilines is 1. The van der Waals surface area contributed by atoms with Crippen LogP contribution in [0.1, 0.15) is 18.2 Å². The zero-order valence-corrected chi connectivity index (χ0v) is 16.0. The molecule has 2 heterocycles. The molecule has 6 nitrogen and oxygen atoms in total. The van der Waals surface area contributed by atoms with Crippen LogP contribution >= 0.6 is 0 Å². The quantitative estimate of drug-likeness (QED) is 0.587. The predicted molar refractivity (Wildman–Crippen MR) is 98.6 cm³/mol. The molecule has 0 saturated heterocycles. The summed E-state index contributed by atoms with van der Waals surface area (Å²) in [6, 6.07) is 7.78. The molecule has 2 N–H and O–H groups in total. The van der Waals surface area contributed by atoms with Gasteiger partial charge in [-0.1, -0.05) is 18.2 Å². The number of alkyl halides is 3. The Balaban J connectivity index is 1.83. The number of benzene rings is 1. The number of aryl methyl sites for hydroxylation is 1. The number of hydrogen-bond donors (Lipinski definition) is 2. The number of aromatic nitrogens is 4. The first-order valence-corrected chi connectivity index (χ1v) is 8.82. The summed E-state index contributed by atoms with van der Waals surface area (Å²) in [5.41, 5.74) is -1.79. The second kappa shape index (κ2) is 7.98. The smallest absolute Gasteiger partial charge is 0.379 e. The van der Waals surface area contributed by atoms with Crippen molar-refractivity contribution >= 4 is 5.82 Å². The Hall–Kier alpha value is -3.08. The Labute approximate surface area is 168 Å². The highest BCUT2D eigenvalue weighted by Crippen LogP contribution is 2.30. The van der Waals surface area contributed by atoms with E-state index in [1.165, 1.54) is 10.7 Å². The third kappa shape index (κ3) is 4.56. The number of rotatable bonds is 6. The molecule has 0 saturated carbocycles. The summed E-state index contributed by atoms with van der Waals surface area (Å²) in [4.78, 5) is 7.70. The molecule has 3 aromatic rings. The summed E-state index contributed by atoms with van der Waals surface area (Å²) in [6.45, 7) is 1.41. The maximum absolute atomic E-state index is 14.0. The first kappa shape index (κ1) is 21.6. The number of halogens is 5. The Morgan fingerprint density at radius 1 is 1.13 bits per heavy atom. The molecule has 1 atom stereocenters. The van der Waals surface area contributed by atoms with Gasteiger partial charge in [0.15, 0.2) is 23.1 Å². The molecular formula is C19H18F5N5O. The van der Waals surface area contributed by atoms with Gasteiger partial charge in [0.2, 0.25) is 0 Å². The molecule has 0 fully saturated rings. The van der Waals surface area contributed by atoms with Crippen molar-refractivity contribution in [2.75, 3.05) is 11.9 Å². The van der Waals surface area contributed by atoms with Crippen LogP contribution in [-0.4, -0.2) is 43.2 Å². The fraction of sp³-hybridized carbons (Fsp3) is 0.316. The third-order valence-electron chi connectivity index (χ3n) is 4.44. The van der Waals surface area contributed by atoms with Crippen molar-refractivity contribution in [2.45, 2.75) is 32.2 Å². The van der Waals surface area contributed by atoms with E-state index in [-0.39, 0.29) is 18.1 Å². The number of nitrogens with zero attached hydrogens (tertiary/aromatic N) is 4. The Kier molecular flexibility index (Phi) is 5.75. The molecule has 0 amide bonds. The van der Waals surface area contributed by atoms with E-state index in [0.717, 1.165) is 6.20 Å². The second-order valence-corrected chi connectivity index (χ2v) is 6.94. The zero-order valence-electron chi connectivity index (χ0n) is 16.0. The highest BCUT2D eigenvalue weighted by Gasteiger charge is 2.49. The van der Waals surface area contributed by atoms with Crippen LogP contribution in [0.5, 0.6) is 0 Å². The molecule has 0 spiro atoms. The molecule has 0 aliphatic carbocycles. The van der Waals surface area contributed by atoms with E-state index in [1.807, 2.05) is 0 Å². The summed E-state index contributed by atoms with van der Waals surface area (Å²) >= 11 is 0. The average Bonchev–Trinajstić information content (AvgIpc) is 3.02. The van der Waals surface area contributed by atoms with Crippen LogP contribution in [0, 0.1) is 18.6 Å². The number of nitrogens with one attached hydrogen (secondary N) is 1. The van der Waals surface area contributed by atoms with Crippen LogP contribution in [0.3, 0.4) is 0 Å². The van der Waals surface area contributed by atoms with Crippen molar-refractivity contribution in [3.8, 4) is 11.5 Å². The molecule has 1 aromatic carbocycles. The normalized spacial score (nSPS) is 13.9. The summed E-state index contributed by atoms with van der Waals surface area (Å²) in [6.07, 6.45) is -4.12. The average molecular weight is 427 g/mol. The van der Waals surface area contributed by atoms with E-state index in [4.69, 9.17) is 0 Å². The molecule has 11 heteroatoms. The van der Waals surface area contributed by atoms with Crippen molar-refractivity contribution in [1.29, 1.82) is 0 Å². The molecule has 3 rings (SSSR count). The van der Waals surface area contributed by atoms with Gasteiger partial charge in [-0.2, -0.15) is 18.3 Å². The SMILES string of the molecule is Cc1cc(-c2ncc(F)c(NCC(C)(O)C(F)(F)F)n2)nn1Cc1ccccc1F. The molecule has 0 aliphatic rings.